The van der Waals surface area contributed by atoms with Crippen molar-refractivity contribution in [3.8, 4) is 0 Å². The summed E-state index contributed by atoms with van der Waals surface area (Å²) in [6.45, 7) is 2.26. The molecule has 2 saturated carbocycles. The minimum Gasteiger partial charge on any atom is -0.481 e. The van der Waals surface area contributed by atoms with Gasteiger partial charge in [-0.25, -0.2) is 0 Å². The molecule has 3 heteroatoms. The van der Waals surface area contributed by atoms with Gasteiger partial charge in [0.15, 0.2) is 0 Å². The number of aliphatic carboxylic acids is 1. The molecule has 0 unspecified atom stereocenters. The van der Waals surface area contributed by atoms with Crippen LogP contribution < -0.4 is 0 Å². The van der Waals surface area contributed by atoms with Gasteiger partial charge in [-0.3, -0.25) is 4.79 Å². The molecule has 0 atom stereocenters. The van der Waals surface area contributed by atoms with E-state index in [4.69, 9.17) is 0 Å². The molecule has 0 spiro atoms. The maximum absolute atomic E-state index is 12.0. The largest absolute Gasteiger partial charge is 0.481 e. The van der Waals surface area contributed by atoms with Gasteiger partial charge in [-0.2, -0.15) is 0 Å². The Bertz CT molecular complexity index is 326. The molecule has 0 saturated heterocycles. The minimum atomic E-state index is -0.517. The maximum atomic E-state index is 12.0. The molecule has 2 fully saturated rings. The zero-order chi connectivity index (χ0) is 15.3. The predicted molar refractivity (Wildman–Crippen MR) is 90.8 cm³/mol. The summed E-state index contributed by atoms with van der Waals surface area (Å²) in [4.78, 5) is 12.5. The molecule has 0 heterocycles. The van der Waals surface area contributed by atoms with Gasteiger partial charge in [-0.1, -0.05) is 61.4 Å². The highest BCUT2D eigenvalue weighted by Gasteiger charge is 2.48. The van der Waals surface area contributed by atoms with Gasteiger partial charge in [-0.05, 0) is 50.4 Å². The van der Waals surface area contributed by atoms with E-state index in [0.717, 1.165) is 44.4 Å². The van der Waals surface area contributed by atoms with Crippen LogP contribution in [0, 0.1) is 17.3 Å². The van der Waals surface area contributed by atoms with Crippen molar-refractivity contribution in [2.45, 2.75) is 88.8 Å². The van der Waals surface area contributed by atoms with E-state index < -0.39 is 11.4 Å². The van der Waals surface area contributed by atoms with Gasteiger partial charge in [0.1, 0.15) is 0 Å². The van der Waals surface area contributed by atoms with Gasteiger partial charge in [0.05, 0.1) is 5.41 Å². The van der Waals surface area contributed by atoms with E-state index in [2.05, 4.69) is 22.9 Å². The molecule has 21 heavy (non-hydrogen) atoms. The predicted octanol–water partition coefficient (Wildman–Crippen LogP) is 5.78. The number of carbonyl (C=O) groups is 1. The van der Waals surface area contributed by atoms with Gasteiger partial charge in [-0.15, -0.1) is 0 Å². The van der Waals surface area contributed by atoms with Gasteiger partial charge in [0.2, 0.25) is 0 Å². The first-order chi connectivity index (χ1) is 10.1. The van der Waals surface area contributed by atoms with Crippen LogP contribution in [-0.4, -0.2) is 15.9 Å². The highest BCUT2D eigenvalue weighted by atomic mass is 79.9. The van der Waals surface area contributed by atoms with Crippen molar-refractivity contribution in [2.24, 2.45) is 17.3 Å². The SMILES string of the molecule is CCCCCC1CCC(C2(C(=O)O)CCC(Br)CC2)CC1. The van der Waals surface area contributed by atoms with Gasteiger partial charge in [0.25, 0.3) is 0 Å². The van der Waals surface area contributed by atoms with Gasteiger partial charge >= 0.3 is 5.97 Å². The summed E-state index contributed by atoms with van der Waals surface area (Å²) in [6.07, 6.45) is 14.0. The maximum Gasteiger partial charge on any atom is 0.309 e. The third kappa shape index (κ3) is 4.24. The van der Waals surface area contributed by atoms with E-state index in [9.17, 15) is 9.90 Å². The van der Waals surface area contributed by atoms with Crippen LogP contribution in [0.25, 0.3) is 0 Å². The lowest BCUT2D eigenvalue weighted by molar-refractivity contribution is -0.156. The molecule has 122 valence electrons. The van der Waals surface area contributed by atoms with Crippen molar-refractivity contribution in [3.05, 3.63) is 0 Å². The highest BCUT2D eigenvalue weighted by Crippen LogP contribution is 2.50. The number of unbranched alkanes of at least 4 members (excludes halogenated alkanes) is 2. The first-order valence-corrected chi connectivity index (χ1v) is 9.87. The van der Waals surface area contributed by atoms with Crippen molar-refractivity contribution in [1.29, 1.82) is 0 Å². The summed E-state index contributed by atoms with van der Waals surface area (Å²) >= 11 is 3.66. The number of hydrogen-bond acceptors (Lipinski definition) is 1. The van der Waals surface area contributed by atoms with Gasteiger partial charge in [0, 0.05) is 4.83 Å². The third-order valence-corrected chi connectivity index (χ3v) is 6.99. The zero-order valence-electron chi connectivity index (χ0n) is 13.5. The molecule has 2 aliphatic carbocycles. The zero-order valence-corrected chi connectivity index (χ0v) is 15.0. The lowest BCUT2D eigenvalue weighted by Crippen LogP contribution is -2.43. The summed E-state index contributed by atoms with van der Waals surface area (Å²) in [5.41, 5.74) is -0.404. The third-order valence-electron chi connectivity index (χ3n) is 6.08. The topological polar surface area (TPSA) is 37.3 Å². The standard InChI is InChI=1S/C18H31BrO2/c1-2-3-4-5-14-6-8-15(9-7-14)18(17(20)21)12-10-16(19)11-13-18/h14-16H,2-13H2,1H3,(H,20,21). The molecule has 0 aromatic carbocycles. The van der Waals surface area contributed by atoms with E-state index in [1.165, 1.54) is 38.5 Å². The monoisotopic (exact) mass is 358 g/mol. The lowest BCUT2D eigenvalue weighted by atomic mass is 9.60. The Morgan fingerprint density at radius 2 is 1.71 bits per heavy atom. The second-order valence-electron chi connectivity index (χ2n) is 7.35. The number of hydrogen-bond donors (Lipinski definition) is 1. The van der Waals surface area contributed by atoms with Crippen LogP contribution in [0.5, 0.6) is 0 Å². The number of carboxylic acid groups (broad SMARTS) is 1. The van der Waals surface area contributed by atoms with Crippen molar-refractivity contribution in [3.63, 3.8) is 0 Å². The Hall–Kier alpha value is -0.0500. The second-order valence-corrected chi connectivity index (χ2v) is 8.64. The normalized spacial score (nSPS) is 37.3. The summed E-state index contributed by atoms with van der Waals surface area (Å²) in [7, 11) is 0. The number of carboxylic acids is 1. The molecule has 2 nitrogen and oxygen atoms in total. The van der Waals surface area contributed by atoms with Crippen molar-refractivity contribution in [1.82, 2.24) is 0 Å². The Labute approximate surface area is 138 Å². The fourth-order valence-corrected chi connectivity index (χ4v) is 5.04. The molecule has 0 aromatic rings. The number of alkyl halides is 1. The van der Waals surface area contributed by atoms with Crippen LogP contribution >= 0.6 is 15.9 Å². The fraction of sp³-hybridized carbons (Fsp3) is 0.944. The molecule has 2 rings (SSSR count). The van der Waals surface area contributed by atoms with Crippen molar-refractivity contribution >= 4 is 21.9 Å². The van der Waals surface area contributed by atoms with E-state index in [0.29, 0.717) is 10.7 Å². The smallest absolute Gasteiger partial charge is 0.309 e. The summed E-state index contributed by atoms with van der Waals surface area (Å²) in [6, 6.07) is 0. The van der Waals surface area contributed by atoms with Crippen molar-refractivity contribution < 1.29 is 9.90 Å². The summed E-state index contributed by atoms with van der Waals surface area (Å²) in [5.74, 6) is 0.778. The Balaban J connectivity index is 1.88. The summed E-state index contributed by atoms with van der Waals surface area (Å²) < 4.78 is 0. The Morgan fingerprint density at radius 3 is 2.24 bits per heavy atom. The van der Waals surface area contributed by atoms with E-state index in [1.54, 1.807) is 0 Å². The van der Waals surface area contributed by atoms with E-state index >= 15 is 0 Å². The van der Waals surface area contributed by atoms with Gasteiger partial charge < -0.3 is 5.11 Å². The first kappa shape index (κ1) is 17.3. The lowest BCUT2D eigenvalue weighted by Gasteiger charge is -2.44. The van der Waals surface area contributed by atoms with E-state index in [1.807, 2.05) is 0 Å². The molecular formula is C18H31BrO2. The van der Waals surface area contributed by atoms with E-state index in [-0.39, 0.29) is 0 Å². The highest BCUT2D eigenvalue weighted by molar-refractivity contribution is 9.09. The molecular weight excluding hydrogens is 328 g/mol. The number of halogens is 1. The van der Waals surface area contributed by atoms with Crippen LogP contribution in [0.4, 0.5) is 0 Å². The van der Waals surface area contributed by atoms with Crippen LogP contribution in [-0.2, 0) is 4.79 Å². The Morgan fingerprint density at radius 1 is 1.10 bits per heavy atom. The summed E-state index contributed by atoms with van der Waals surface area (Å²) in [5, 5.41) is 9.85. The van der Waals surface area contributed by atoms with Crippen molar-refractivity contribution in [2.75, 3.05) is 0 Å². The molecule has 2 aliphatic rings. The molecule has 0 aromatic heterocycles. The average Bonchev–Trinajstić information content (AvgIpc) is 2.49. The molecule has 1 N–H and O–H groups in total. The average molecular weight is 359 g/mol. The quantitative estimate of drug-likeness (QED) is 0.482. The fourth-order valence-electron chi connectivity index (χ4n) is 4.58. The second kappa shape index (κ2) is 7.99. The first-order valence-electron chi connectivity index (χ1n) is 8.96. The Kier molecular flexibility index (Phi) is 6.58. The molecule has 0 bridgehead atoms. The molecule has 0 amide bonds. The van der Waals surface area contributed by atoms with Crippen LogP contribution in [0.15, 0.2) is 0 Å². The van der Waals surface area contributed by atoms with Crippen LogP contribution in [0.3, 0.4) is 0 Å². The molecule has 0 radical (unpaired) electrons. The molecule has 0 aliphatic heterocycles. The minimum absolute atomic E-state index is 0.404. The van der Waals surface area contributed by atoms with Crippen LogP contribution in [0.1, 0.15) is 84.0 Å². The number of rotatable bonds is 6. The van der Waals surface area contributed by atoms with Crippen LogP contribution in [0.2, 0.25) is 0 Å².